The molecule has 0 aliphatic rings. The van der Waals surface area contributed by atoms with Crippen molar-refractivity contribution in [2.75, 3.05) is 5.88 Å². The normalized spacial score (nSPS) is 10.2. The Morgan fingerprint density at radius 2 is 1.86 bits per heavy atom. The molecule has 2 aromatic rings. The second-order valence-corrected chi connectivity index (χ2v) is 5.11. The van der Waals surface area contributed by atoms with Crippen molar-refractivity contribution in [2.45, 2.75) is 19.9 Å². The van der Waals surface area contributed by atoms with E-state index in [1.165, 1.54) is 0 Å². The Labute approximate surface area is 129 Å². The third kappa shape index (κ3) is 4.80. The van der Waals surface area contributed by atoms with Gasteiger partial charge in [-0.15, -0.1) is 11.6 Å². The minimum absolute atomic E-state index is 0.0368. The van der Waals surface area contributed by atoms with Gasteiger partial charge in [0.05, 0.1) is 0 Å². The lowest BCUT2D eigenvalue weighted by Crippen LogP contribution is -2.22. The van der Waals surface area contributed by atoms with E-state index >= 15 is 0 Å². The van der Waals surface area contributed by atoms with Gasteiger partial charge in [0.1, 0.15) is 11.5 Å². The lowest BCUT2D eigenvalue weighted by molar-refractivity contribution is -0.120. The van der Waals surface area contributed by atoms with Gasteiger partial charge in [-0.3, -0.25) is 4.79 Å². The monoisotopic (exact) mass is 303 g/mol. The quantitative estimate of drug-likeness (QED) is 0.818. The molecule has 0 fully saturated rings. The summed E-state index contributed by atoms with van der Waals surface area (Å²) in [4.78, 5) is 11.3. The molecule has 0 spiro atoms. The zero-order valence-corrected chi connectivity index (χ0v) is 12.7. The van der Waals surface area contributed by atoms with Gasteiger partial charge < -0.3 is 10.1 Å². The van der Waals surface area contributed by atoms with Crippen LogP contribution in [0.5, 0.6) is 11.5 Å². The number of carbonyl (C=O) groups excluding carboxylic acids is 1. The highest BCUT2D eigenvalue weighted by Gasteiger charge is 2.02. The molecule has 1 amide bonds. The van der Waals surface area contributed by atoms with Gasteiger partial charge in [-0.2, -0.15) is 0 Å². The van der Waals surface area contributed by atoms with E-state index in [1.807, 2.05) is 55.5 Å². The van der Waals surface area contributed by atoms with Crippen LogP contribution in [0.3, 0.4) is 0 Å². The molecule has 0 aromatic heterocycles. The second-order valence-electron chi connectivity index (χ2n) is 4.73. The van der Waals surface area contributed by atoms with E-state index in [0.29, 0.717) is 18.8 Å². The Hall–Kier alpha value is -2.00. The molecule has 21 heavy (non-hydrogen) atoms. The van der Waals surface area contributed by atoms with Crippen LogP contribution in [0.4, 0.5) is 0 Å². The summed E-state index contributed by atoms with van der Waals surface area (Å²) in [6, 6.07) is 15.6. The number of hydrogen-bond acceptors (Lipinski definition) is 2. The van der Waals surface area contributed by atoms with Crippen molar-refractivity contribution in [2.24, 2.45) is 0 Å². The van der Waals surface area contributed by atoms with Gasteiger partial charge >= 0.3 is 0 Å². The van der Waals surface area contributed by atoms with Crippen molar-refractivity contribution in [3.8, 4) is 11.5 Å². The third-order valence-corrected chi connectivity index (χ3v) is 3.24. The molecule has 2 aromatic carbocycles. The van der Waals surface area contributed by atoms with E-state index < -0.39 is 0 Å². The second kappa shape index (κ2) is 7.70. The number of rotatable bonds is 6. The average molecular weight is 304 g/mol. The average Bonchev–Trinajstić information content (AvgIpc) is 2.49. The largest absolute Gasteiger partial charge is 0.457 e. The van der Waals surface area contributed by atoms with Crippen molar-refractivity contribution < 1.29 is 9.53 Å². The highest BCUT2D eigenvalue weighted by molar-refractivity contribution is 6.18. The summed E-state index contributed by atoms with van der Waals surface area (Å²) < 4.78 is 5.82. The van der Waals surface area contributed by atoms with Crippen molar-refractivity contribution >= 4 is 17.5 Å². The lowest BCUT2D eigenvalue weighted by Gasteiger charge is -2.09. The van der Waals surface area contributed by atoms with Gasteiger partial charge in [-0.05, 0) is 36.2 Å². The van der Waals surface area contributed by atoms with Gasteiger partial charge in [0, 0.05) is 18.8 Å². The summed E-state index contributed by atoms with van der Waals surface area (Å²) in [5, 5.41) is 2.81. The van der Waals surface area contributed by atoms with Crippen molar-refractivity contribution in [3.63, 3.8) is 0 Å². The maximum Gasteiger partial charge on any atom is 0.221 e. The maximum absolute atomic E-state index is 11.3. The predicted molar refractivity (Wildman–Crippen MR) is 84.9 cm³/mol. The number of amides is 1. The number of aryl methyl sites for hydroxylation is 1. The first-order chi connectivity index (χ1) is 10.2. The molecule has 0 aliphatic carbocycles. The molecule has 1 N–H and O–H groups in total. The van der Waals surface area contributed by atoms with Crippen molar-refractivity contribution in [1.82, 2.24) is 5.32 Å². The first-order valence-electron chi connectivity index (χ1n) is 6.84. The molecule has 110 valence electrons. The summed E-state index contributed by atoms with van der Waals surface area (Å²) in [7, 11) is 0. The molecule has 0 aliphatic heterocycles. The minimum atomic E-state index is -0.0368. The fourth-order valence-electron chi connectivity index (χ4n) is 1.85. The van der Waals surface area contributed by atoms with Gasteiger partial charge in [-0.25, -0.2) is 0 Å². The molecular weight excluding hydrogens is 286 g/mol. The van der Waals surface area contributed by atoms with E-state index in [0.717, 1.165) is 22.6 Å². The van der Waals surface area contributed by atoms with E-state index in [1.54, 1.807) is 0 Å². The van der Waals surface area contributed by atoms with Crippen LogP contribution in [0.1, 0.15) is 17.5 Å². The van der Waals surface area contributed by atoms with Crippen LogP contribution in [0.25, 0.3) is 0 Å². The maximum atomic E-state index is 11.3. The van der Waals surface area contributed by atoms with Crippen LogP contribution in [-0.4, -0.2) is 11.8 Å². The van der Waals surface area contributed by atoms with Crippen LogP contribution < -0.4 is 10.1 Å². The predicted octanol–water partition coefficient (Wildman–Crippen LogP) is 4.03. The Balaban J connectivity index is 1.93. The van der Waals surface area contributed by atoms with E-state index in [4.69, 9.17) is 16.3 Å². The molecule has 0 bridgehead atoms. The Kier molecular flexibility index (Phi) is 5.64. The molecule has 2 rings (SSSR count). The van der Waals surface area contributed by atoms with Crippen molar-refractivity contribution in [1.29, 1.82) is 0 Å². The molecule has 0 unspecified atom stereocenters. The molecule has 0 atom stereocenters. The van der Waals surface area contributed by atoms with Gasteiger partial charge in [0.15, 0.2) is 0 Å². The van der Waals surface area contributed by atoms with Crippen LogP contribution in [-0.2, 0) is 11.3 Å². The number of para-hydroxylation sites is 1. The number of carbonyl (C=O) groups is 1. The molecule has 0 heterocycles. The van der Waals surface area contributed by atoms with Crippen LogP contribution in [0.2, 0.25) is 0 Å². The Bertz CT molecular complexity index is 596. The number of nitrogens with one attached hydrogen (secondary N) is 1. The first kappa shape index (κ1) is 15.4. The number of alkyl halides is 1. The number of halogens is 1. The molecule has 0 saturated carbocycles. The van der Waals surface area contributed by atoms with Crippen molar-refractivity contribution in [3.05, 3.63) is 59.7 Å². The van der Waals surface area contributed by atoms with E-state index in [9.17, 15) is 4.79 Å². The molecular formula is C17H18ClNO2. The van der Waals surface area contributed by atoms with Gasteiger partial charge in [-0.1, -0.05) is 30.3 Å². The minimum Gasteiger partial charge on any atom is -0.457 e. The Morgan fingerprint density at radius 3 is 2.52 bits per heavy atom. The Morgan fingerprint density at radius 1 is 1.14 bits per heavy atom. The summed E-state index contributed by atoms with van der Waals surface area (Å²) in [6.45, 7) is 2.51. The SMILES string of the molecule is Cc1ccccc1Oc1ccc(CNC(=O)CCCl)cc1. The van der Waals surface area contributed by atoms with Gasteiger partial charge in [0.2, 0.25) is 5.91 Å². The van der Waals surface area contributed by atoms with E-state index in [-0.39, 0.29) is 5.91 Å². The zero-order chi connectivity index (χ0) is 15.1. The highest BCUT2D eigenvalue weighted by Crippen LogP contribution is 2.24. The third-order valence-electron chi connectivity index (χ3n) is 3.06. The lowest BCUT2D eigenvalue weighted by atomic mass is 10.2. The zero-order valence-electron chi connectivity index (χ0n) is 11.9. The number of ether oxygens (including phenoxy) is 1. The number of benzene rings is 2. The topological polar surface area (TPSA) is 38.3 Å². The summed E-state index contributed by atoms with van der Waals surface area (Å²) in [6.07, 6.45) is 0.343. The molecule has 0 saturated heterocycles. The standard InChI is InChI=1S/C17H18ClNO2/c1-13-4-2-3-5-16(13)21-15-8-6-14(7-9-15)12-19-17(20)10-11-18/h2-9H,10-12H2,1H3,(H,19,20). The summed E-state index contributed by atoms with van der Waals surface area (Å²) in [5.74, 6) is 1.93. The highest BCUT2D eigenvalue weighted by atomic mass is 35.5. The summed E-state index contributed by atoms with van der Waals surface area (Å²) in [5.41, 5.74) is 2.12. The fraction of sp³-hybridized carbons (Fsp3) is 0.235. The fourth-order valence-corrected chi connectivity index (χ4v) is 2.02. The van der Waals surface area contributed by atoms with Crippen LogP contribution in [0.15, 0.2) is 48.5 Å². The molecule has 4 heteroatoms. The van der Waals surface area contributed by atoms with Gasteiger partial charge in [0.25, 0.3) is 0 Å². The molecule has 0 radical (unpaired) electrons. The number of hydrogen-bond donors (Lipinski definition) is 1. The summed E-state index contributed by atoms with van der Waals surface area (Å²) >= 11 is 5.51. The smallest absolute Gasteiger partial charge is 0.221 e. The van der Waals surface area contributed by atoms with E-state index in [2.05, 4.69) is 5.32 Å². The first-order valence-corrected chi connectivity index (χ1v) is 7.37. The van der Waals surface area contributed by atoms with Crippen LogP contribution >= 0.6 is 11.6 Å². The molecule has 3 nitrogen and oxygen atoms in total. The van der Waals surface area contributed by atoms with Crippen LogP contribution in [0, 0.1) is 6.92 Å².